The number of carbonyl (C=O) groups is 1. The van der Waals surface area contributed by atoms with Crippen molar-refractivity contribution < 1.29 is 18.0 Å². The summed E-state index contributed by atoms with van der Waals surface area (Å²) in [7, 11) is 0. The maximum Gasteiger partial charge on any atom is 0.406 e. The van der Waals surface area contributed by atoms with Crippen LogP contribution in [0.5, 0.6) is 0 Å². The number of hydrogen-bond acceptors (Lipinski definition) is 3. The molecule has 116 valence electrons. The first-order chi connectivity index (χ1) is 10.4. The van der Waals surface area contributed by atoms with E-state index < -0.39 is 24.7 Å². The molecule has 0 unspecified atom stereocenters. The highest BCUT2D eigenvalue weighted by Gasteiger charge is 2.40. The summed E-state index contributed by atoms with van der Waals surface area (Å²) in [5.41, 5.74) is 0.791. The van der Waals surface area contributed by atoms with Crippen LogP contribution in [0, 0.1) is 0 Å². The molecule has 0 spiro atoms. The summed E-state index contributed by atoms with van der Waals surface area (Å²) in [5.74, 6) is -0.121. The molecule has 2 heterocycles. The molecular weight excluding hydrogens is 297 g/mol. The van der Waals surface area contributed by atoms with Gasteiger partial charge in [-0.1, -0.05) is 30.3 Å². The second kappa shape index (κ2) is 5.43. The maximum absolute atomic E-state index is 12.4. The van der Waals surface area contributed by atoms with Crippen LogP contribution in [0.4, 0.5) is 13.2 Å². The van der Waals surface area contributed by atoms with Crippen molar-refractivity contribution in [1.29, 1.82) is 0 Å². The summed E-state index contributed by atoms with van der Waals surface area (Å²) in [6.45, 7) is -1.15. The van der Waals surface area contributed by atoms with E-state index in [0.717, 1.165) is 10.5 Å². The van der Waals surface area contributed by atoms with Crippen LogP contribution in [0.3, 0.4) is 0 Å². The summed E-state index contributed by atoms with van der Waals surface area (Å²) < 4.78 is 38.6. The SMILES string of the molecule is O=C1[C@H](n2cnc(-c3ccccc3)n2)CCN1CC(F)(F)F. The van der Waals surface area contributed by atoms with Crippen molar-refractivity contribution in [3.05, 3.63) is 36.7 Å². The Hall–Kier alpha value is -2.38. The molecule has 1 saturated heterocycles. The van der Waals surface area contributed by atoms with Crippen LogP contribution in [0.2, 0.25) is 0 Å². The van der Waals surface area contributed by atoms with Gasteiger partial charge in [0.25, 0.3) is 0 Å². The van der Waals surface area contributed by atoms with E-state index in [1.54, 1.807) is 0 Å². The lowest BCUT2D eigenvalue weighted by atomic mass is 10.2. The number of likely N-dealkylation sites (tertiary alicyclic amines) is 1. The van der Waals surface area contributed by atoms with E-state index in [4.69, 9.17) is 0 Å². The van der Waals surface area contributed by atoms with Crippen molar-refractivity contribution in [2.45, 2.75) is 18.6 Å². The third-order valence-corrected chi connectivity index (χ3v) is 3.50. The van der Waals surface area contributed by atoms with E-state index in [-0.39, 0.29) is 6.54 Å². The van der Waals surface area contributed by atoms with Crippen LogP contribution < -0.4 is 0 Å². The van der Waals surface area contributed by atoms with Crippen LogP contribution >= 0.6 is 0 Å². The average Bonchev–Trinajstić information content (AvgIpc) is 3.07. The first-order valence-electron chi connectivity index (χ1n) is 6.76. The minimum absolute atomic E-state index is 0.0730. The third kappa shape index (κ3) is 2.95. The molecule has 0 bridgehead atoms. The Bertz CT molecular complexity index is 668. The van der Waals surface area contributed by atoms with Gasteiger partial charge in [0.1, 0.15) is 18.9 Å². The summed E-state index contributed by atoms with van der Waals surface area (Å²) >= 11 is 0. The summed E-state index contributed by atoms with van der Waals surface area (Å²) in [4.78, 5) is 17.0. The van der Waals surface area contributed by atoms with Crippen LogP contribution in [0.15, 0.2) is 36.7 Å². The number of amides is 1. The Morgan fingerprint density at radius 1 is 1.23 bits per heavy atom. The zero-order valence-electron chi connectivity index (χ0n) is 11.5. The fraction of sp³-hybridized carbons (Fsp3) is 0.357. The normalized spacial score (nSPS) is 19.0. The molecular formula is C14H13F3N4O. The van der Waals surface area contributed by atoms with Crippen LogP contribution in [-0.2, 0) is 4.79 Å². The lowest BCUT2D eigenvalue weighted by Crippen LogP contribution is -2.36. The summed E-state index contributed by atoms with van der Waals surface area (Å²) in [5, 5.41) is 4.22. The van der Waals surface area contributed by atoms with Gasteiger partial charge in [-0.2, -0.15) is 18.3 Å². The molecule has 1 aliphatic rings. The largest absolute Gasteiger partial charge is 0.406 e. The van der Waals surface area contributed by atoms with Crippen LogP contribution in [-0.4, -0.2) is 44.8 Å². The Morgan fingerprint density at radius 3 is 2.64 bits per heavy atom. The fourth-order valence-electron chi connectivity index (χ4n) is 2.49. The first kappa shape index (κ1) is 14.6. The van der Waals surface area contributed by atoms with E-state index >= 15 is 0 Å². The van der Waals surface area contributed by atoms with Crippen molar-refractivity contribution in [3.8, 4) is 11.4 Å². The van der Waals surface area contributed by atoms with E-state index in [2.05, 4.69) is 10.1 Å². The molecule has 22 heavy (non-hydrogen) atoms. The monoisotopic (exact) mass is 310 g/mol. The molecule has 0 aliphatic carbocycles. The second-order valence-electron chi connectivity index (χ2n) is 5.09. The zero-order chi connectivity index (χ0) is 15.7. The van der Waals surface area contributed by atoms with Gasteiger partial charge in [0.15, 0.2) is 5.82 Å². The van der Waals surface area contributed by atoms with Crippen molar-refractivity contribution >= 4 is 5.91 Å². The molecule has 1 atom stereocenters. The van der Waals surface area contributed by atoms with E-state index in [1.165, 1.54) is 11.0 Å². The Labute approximate surface area is 124 Å². The van der Waals surface area contributed by atoms with Gasteiger partial charge in [-0.15, -0.1) is 0 Å². The van der Waals surface area contributed by atoms with Gasteiger partial charge in [0, 0.05) is 12.1 Å². The number of nitrogens with zero attached hydrogens (tertiary/aromatic N) is 4. The highest BCUT2D eigenvalue weighted by Crippen LogP contribution is 2.27. The average molecular weight is 310 g/mol. The molecule has 8 heteroatoms. The Morgan fingerprint density at radius 2 is 1.95 bits per heavy atom. The smallest absolute Gasteiger partial charge is 0.332 e. The number of hydrogen-bond donors (Lipinski definition) is 0. The molecule has 5 nitrogen and oxygen atoms in total. The zero-order valence-corrected chi connectivity index (χ0v) is 11.5. The first-order valence-corrected chi connectivity index (χ1v) is 6.76. The summed E-state index contributed by atoms with van der Waals surface area (Å²) in [6.07, 6.45) is -2.70. The molecule has 1 aromatic heterocycles. The van der Waals surface area contributed by atoms with Gasteiger partial charge >= 0.3 is 6.18 Å². The number of aromatic nitrogens is 3. The lowest BCUT2D eigenvalue weighted by Gasteiger charge is -2.18. The number of halogens is 3. The molecule has 1 aromatic carbocycles. The van der Waals surface area contributed by atoms with E-state index in [1.807, 2.05) is 30.3 Å². The molecule has 1 aliphatic heterocycles. The van der Waals surface area contributed by atoms with Gasteiger partial charge in [0.2, 0.25) is 5.91 Å². The number of benzene rings is 1. The maximum atomic E-state index is 12.4. The Kier molecular flexibility index (Phi) is 3.59. The minimum atomic E-state index is -4.39. The predicted molar refractivity (Wildman–Crippen MR) is 71.7 cm³/mol. The van der Waals surface area contributed by atoms with Gasteiger partial charge in [-0.05, 0) is 6.42 Å². The molecule has 3 rings (SSSR count). The van der Waals surface area contributed by atoms with Gasteiger partial charge < -0.3 is 4.90 Å². The number of carbonyl (C=O) groups excluding carboxylic acids is 1. The highest BCUT2D eigenvalue weighted by molar-refractivity contribution is 5.82. The molecule has 1 fully saturated rings. The van der Waals surface area contributed by atoms with Gasteiger partial charge in [-0.25, -0.2) is 9.67 Å². The van der Waals surface area contributed by atoms with E-state index in [9.17, 15) is 18.0 Å². The molecule has 2 aromatic rings. The van der Waals surface area contributed by atoms with Crippen molar-refractivity contribution in [3.63, 3.8) is 0 Å². The van der Waals surface area contributed by atoms with Crippen molar-refractivity contribution in [2.24, 2.45) is 0 Å². The van der Waals surface area contributed by atoms with Crippen LogP contribution in [0.1, 0.15) is 12.5 Å². The lowest BCUT2D eigenvalue weighted by molar-refractivity contribution is -0.158. The van der Waals surface area contributed by atoms with Gasteiger partial charge in [-0.3, -0.25) is 4.79 Å². The summed E-state index contributed by atoms with van der Waals surface area (Å²) in [6, 6.07) is 8.46. The fourth-order valence-corrected chi connectivity index (χ4v) is 2.49. The topological polar surface area (TPSA) is 51.0 Å². The van der Waals surface area contributed by atoms with Crippen LogP contribution in [0.25, 0.3) is 11.4 Å². The highest BCUT2D eigenvalue weighted by atomic mass is 19.4. The third-order valence-electron chi connectivity index (χ3n) is 3.50. The Balaban J connectivity index is 1.76. The molecule has 0 radical (unpaired) electrons. The number of rotatable bonds is 3. The molecule has 0 saturated carbocycles. The van der Waals surface area contributed by atoms with Crippen molar-refractivity contribution in [1.82, 2.24) is 19.7 Å². The van der Waals surface area contributed by atoms with E-state index in [0.29, 0.717) is 12.2 Å². The standard InChI is InChI=1S/C14H13F3N4O/c15-14(16,17)8-20-7-6-11(13(20)22)21-9-18-12(19-21)10-4-2-1-3-5-10/h1-5,9,11H,6-8H2/t11-/m1/s1. The second-order valence-corrected chi connectivity index (χ2v) is 5.09. The minimum Gasteiger partial charge on any atom is -0.332 e. The quantitative estimate of drug-likeness (QED) is 0.874. The molecule has 0 N–H and O–H groups in total. The predicted octanol–water partition coefficient (Wildman–Crippen LogP) is 2.28. The number of alkyl halides is 3. The molecule has 1 amide bonds. The van der Waals surface area contributed by atoms with Gasteiger partial charge in [0.05, 0.1) is 0 Å². The van der Waals surface area contributed by atoms with Crippen molar-refractivity contribution in [2.75, 3.05) is 13.1 Å².